The lowest BCUT2D eigenvalue weighted by atomic mass is 10.3. The second kappa shape index (κ2) is 6.72. The van der Waals surface area contributed by atoms with Crippen molar-refractivity contribution in [2.75, 3.05) is 5.32 Å². The molecule has 4 nitrogen and oxygen atoms in total. The molecule has 0 aliphatic heterocycles. The van der Waals surface area contributed by atoms with Crippen molar-refractivity contribution in [1.29, 1.82) is 0 Å². The van der Waals surface area contributed by atoms with E-state index < -0.39 is 0 Å². The lowest BCUT2D eigenvalue weighted by Crippen LogP contribution is -2.25. The highest BCUT2D eigenvalue weighted by Gasteiger charge is 1.99. The number of anilines is 1. The highest BCUT2D eigenvalue weighted by Crippen LogP contribution is 2.07. The van der Waals surface area contributed by atoms with Gasteiger partial charge in [-0.05, 0) is 55.5 Å². The quantitative estimate of drug-likeness (QED) is 0.518. The lowest BCUT2D eigenvalue weighted by Gasteiger charge is -2.07. The van der Waals surface area contributed by atoms with Crippen LogP contribution in [-0.4, -0.2) is 15.8 Å². The second-order valence-electron chi connectivity index (χ2n) is 3.99. The first-order chi connectivity index (χ1) is 9.65. The predicted molar refractivity (Wildman–Crippen MR) is 82.2 cm³/mol. The molecule has 0 spiro atoms. The van der Waals surface area contributed by atoms with E-state index in [1.165, 1.54) is 12.1 Å². The topological polar surface area (TPSA) is 49.3 Å². The average Bonchev–Trinajstić information content (AvgIpc) is 2.48. The fraction of sp³-hybridized carbons (Fsp3) is 0.0714. The van der Waals surface area contributed by atoms with Crippen molar-refractivity contribution in [3.05, 3.63) is 60.2 Å². The van der Waals surface area contributed by atoms with Gasteiger partial charge < -0.3 is 5.32 Å². The summed E-state index contributed by atoms with van der Waals surface area (Å²) in [6.45, 7) is 1.83. The zero-order chi connectivity index (χ0) is 14.4. The fourth-order valence-corrected chi connectivity index (χ4v) is 1.62. The van der Waals surface area contributed by atoms with Crippen LogP contribution in [0.25, 0.3) is 0 Å². The average molecular weight is 288 g/mol. The van der Waals surface area contributed by atoms with Crippen molar-refractivity contribution in [3.8, 4) is 0 Å². The van der Waals surface area contributed by atoms with Gasteiger partial charge in [-0.1, -0.05) is 6.07 Å². The molecular weight excluding hydrogens is 275 g/mol. The molecule has 0 aliphatic carbocycles. The Balaban J connectivity index is 1.93. The molecule has 1 heterocycles. The number of hydrogen-bond donors (Lipinski definition) is 2. The van der Waals surface area contributed by atoms with Crippen molar-refractivity contribution in [3.63, 3.8) is 0 Å². The number of nitrogens with one attached hydrogen (secondary N) is 2. The van der Waals surface area contributed by atoms with E-state index in [0.717, 1.165) is 5.69 Å². The van der Waals surface area contributed by atoms with Crippen LogP contribution in [0, 0.1) is 5.82 Å². The molecule has 0 aliphatic rings. The SMILES string of the molecule is C/C(=N/NC(=S)Nc1ccc(F)cc1)c1ccccn1. The zero-order valence-corrected chi connectivity index (χ0v) is 11.6. The Morgan fingerprint density at radius 1 is 1.20 bits per heavy atom. The first-order valence-electron chi connectivity index (χ1n) is 5.93. The lowest BCUT2D eigenvalue weighted by molar-refractivity contribution is 0.628. The first kappa shape index (κ1) is 14.1. The Morgan fingerprint density at radius 3 is 2.60 bits per heavy atom. The van der Waals surface area contributed by atoms with Crippen LogP contribution in [0.4, 0.5) is 10.1 Å². The van der Waals surface area contributed by atoms with Crippen LogP contribution in [0.2, 0.25) is 0 Å². The maximum atomic E-state index is 12.8. The number of benzene rings is 1. The third-order valence-corrected chi connectivity index (χ3v) is 2.66. The van der Waals surface area contributed by atoms with Gasteiger partial charge in [0.2, 0.25) is 0 Å². The minimum atomic E-state index is -0.293. The molecule has 0 fully saturated rings. The summed E-state index contributed by atoms with van der Waals surface area (Å²) in [6.07, 6.45) is 1.70. The van der Waals surface area contributed by atoms with Gasteiger partial charge >= 0.3 is 0 Å². The normalized spacial score (nSPS) is 11.0. The minimum absolute atomic E-state index is 0.293. The highest BCUT2D eigenvalue weighted by molar-refractivity contribution is 7.80. The Bertz CT molecular complexity index is 611. The second-order valence-corrected chi connectivity index (χ2v) is 4.39. The van der Waals surface area contributed by atoms with Gasteiger partial charge in [-0.25, -0.2) is 4.39 Å². The van der Waals surface area contributed by atoms with Gasteiger partial charge in [0, 0.05) is 11.9 Å². The van der Waals surface area contributed by atoms with E-state index in [2.05, 4.69) is 20.8 Å². The Labute approximate surface area is 121 Å². The number of pyridine rings is 1. The zero-order valence-electron chi connectivity index (χ0n) is 10.8. The first-order valence-corrected chi connectivity index (χ1v) is 6.34. The molecule has 20 heavy (non-hydrogen) atoms. The Hall–Kier alpha value is -2.34. The van der Waals surface area contributed by atoms with E-state index in [4.69, 9.17) is 12.2 Å². The molecule has 0 amide bonds. The number of aromatic nitrogens is 1. The Morgan fingerprint density at radius 2 is 1.95 bits per heavy atom. The third-order valence-electron chi connectivity index (χ3n) is 2.46. The van der Waals surface area contributed by atoms with Gasteiger partial charge in [0.15, 0.2) is 5.11 Å². The monoisotopic (exact) mass is 288 g/mol. The van der Waals surface area contributed by atoms with Crippen molar-refractivity contribution >= 4 is 28.7 Å². The molecule has 0 unspecified atom stereocenters. The maximum absolute atomic E-state index is 12.8. The van der Waals surface area contributed by atoms with E-state index in [-0.39, 0.29) is 5.82 Å². The molecule has 0 atom stereocenters. The van der Waals surface area contributed by atoms with Gasteiger partial charge in [0.1, 0.15) is 5.82 Å². The molecule has 0 radical (unpaired) electrons. The Kier molecular flexibility index (Phi) is 4.73. The standard InChI is InChI=1S/C14H13FN4S/c1-10(13-4-2-3-9-16-13)18-19-14(20)17-12-7-5-11(15)6-8-12/h2-9H,1H3,(H2,17,19,20)/b18-10-. The summed E-state index contributed by atoms with van der Waals surface area (Å²) in [7, 11) is 0. The number of thiocarbonyl (C=S) groups is 1. The molecule has 1 aromatic carbocycles. The highest BCUT2D eigenvalue weighted by atomic mass is 32.1. The summed E-state index contributed by atoms with van der Waals surface area (Å²) in [5.41, 5.74) is 4.89. The van der Waals surface area contributed by atoms with Crippen LogP contribution in [0.5, 0.6) is 0 Å². The van der Waals surface area contributed by atoms with Gasteiger partial charge in [0.05, 0.1) is 11.4 Å². The van der Waals surface area contributed by atoms with E-state index >= 15 is 0 Å². The number of hydrogen-bond acceptors (Lipinski definition) is 3. The number of nitrogens with zero attached hydrogens (tertiary/aromatic N) is 2. The third kappa shape index (κ3) is 4.10. The molecule has 102 valence electrons. The van der Waals surface area contributed by atoms with Crippen LogP contribution >= 0.6 is 12.2 Å². The number of rotatable bonds is 3. The van der Waals surface area contributed by atoms with Crippen LogP contribution in [0.1, 0.15) is 12.6 Å². The van der Waals surface area contributed by atoms with Crippen molar-refractivity contribution in [2.45, 2.75) is 6.92 Å². The number of hydrazone groups is 1. The van der Waals surface area contributed by atoms with Crippen LogP contribution in [0.15, 0.2) is 53.8 Å². The summed E-state index contributed by atoms with van der Waals surface area (Å²) in [4.78, 5) is 4.17. The summed E-state index contributed by atoms with van der Waals surface area (Å²) in [6, 6.07) is 11.5. The van der Waals surface area contributed by atoms with E-state index in [1.807, 2.05) is 25.1 Å². The van der Waals surface area contributed by atoms with Gasteiger partial charge in [-0.2, -0.15) is 5.10 Å². The van der Waals surface area contributed by atoms with Crippen molar-refractivity contribution in [1.82, 2.24) is 10.4 Å². The number of halogens is 1. The molecule has 0 saturated carbocycles. The fourth-order valence-electron chi connectivity index (χ4n) is 1.46. The van der Waals surface area contributed by atoms with Crippen LogP contribution in [0.3, 0.4) is 0 Å². The molecule has 1 aromatic heterocycles. The molecule has 0 saturated heterocycles. The minimum Gasteiger partial charge on any atom is -0.331 e. The van der Waals surface area contributed by atoms with E-state index in [9.17, 15) is 4.39 Å². The van der Waals surface area contributed by atoms with Crippen molar-refractivity contribution in [2.24, 2.45) is 5.10 Å². The van der Waals surface area contributed by atoms with Crippen molar-refractivity contribution < 1.29 is 4.39 Å². The molecular formula is C14H13FN4S. The largest absolute Gasteiger partial charge is 0.331 e. The smallest absolute Gasteiger partial charge is 0.191 e. The van der Waals surface area contributed by atoms with Gasteiger partial charge in [0.25, 0.3) is 0 Å². The molecule has 6 heteroatoms. The van der Waals surface area contributed by atoms with Gasteiger partial charge in [-0.15, -0.1) is 0 Å². The summed E-state index contributed by atoms with van der Waals surface area (Å²) >= 11 is 5.09. The van der Waals surface area contributed by atoms with E-state index in [0.29, 0.717) is 16.5 Å². The summed E-state index contributed by atoms with van der Waals surface area (Å²) in [5.74, 6) is -0.293. The maximum Gasteiger partial charge on any atom is 0.191 e. The molecule has 2 N–H and O–H groups in total. The summed E-state index contributed by atoms with van der Waals surface area (Å²) < 4.78 is 12.8. The predicted octanol–water partition coefficient (Wildman–Crippen LogP) is 2.93. The molecule has 0 bridgehead atoms. The van der Waals surface area contributed by atoms with Crippen LogP contribution < -0.4 is 10.7 Å². The van der Waals surface area contributed by atoms with Gasteiger partial charge in [-0.3, -0.25) is 10.4 Å². The summed E-state index contributed by atoms with van der Waals surface area (Å²) in [5, 5.41) is 7.36. The molecule has 2 aromatic rings. The van der Waals surface area contributed by atoms with E-state index in [1.54, 1.807) is 18.3 Å². The van der Waals surface area contributed by atoms with Crippen LogP contribution in [-0.2, 0) is 0 Å². The molecule has 2 rings (SSSR count).